The molecule has 0 aromatic heterocycles. The fourth-order valence-electron chi connectivity index (χ4n) is 10.2. The SMILES string of the molecule is Cc1cc2c(c(O)c1-c1c(C)cc3c(c1O)/C(=C/NN1C(=O)c4cccc5cccc(c45)C1=O)C(=O)C(O)=C3C(C)C)/C(=C/NN1C(=O)c3cccc4cccc(c34)C1=O)C(=O)C(O)=C2C(C)C. The van der Waals surface area contributed by atoms with Gasteiger partial charge in [0, 0.05) is 56.6 Å². The Bertz CT molecular complexity index is 3220. The molecule has 0 fully saturated rings. The van der Waals surface area contributed by atoms with Gasteiger partial charge in [-0.2, -0.15) is 10.0 Å². The number of ketones is 2. The molecule has 4 aliphatic rings. The summed E-state index contributed by atoms with van der Waals surface area (Å²) in [6.07, 6.45) is 2.15. The lowest BCUT2D eigenvalue weighted by molar-refractivity contribution is -0.113. The predicted octanol–water partition coefficient (Wildman–Crippen LogP) is 8.99. The standard InChI is InChI=1S/C54H42N4O10/c1-23(2)37-33-19-25(5)39(47(61)43(33)35(45(59)49(37)63)21-55-57-51(65)29-15-7-11-27-12-8-16-30(41(27)29)52(57)66)40-26(6)20-34-38(24(3)4)50(64)46(60)36(44(34)48(40)62)22-56-58-53(67)31-17-9-13-28-14-10-18-32(42(28)31)54(58)68/h7-24,55-56,61-64H,1-6H3/b35-21-,36-22-. The summed E-state index contributed by atoms with van der Waals surface area (Å²) in [5.41, 5.74) is 7.37. The van der Waals surface area contributed by atoms with Crippen molar-refractivity contribution in [1.29, 1.82) is 0 Å². The van der Waals surface area contributed by atoms with Crippen LogP contribution in [0.25, 0.3) is 55.0 Å². The number of aliphatic hydroxyl groups excluding tert-OH is 2. The Kier molecular flexibility index (Phi) is 9.77. The van der Waals surface area contributed by atoms with Gasteiger partial charge >= 0.3 is 0 Å². The number of hydrazine groups is 2. The van der Waals surface area contributed by atoms with Gasteiger partial charge in [-0.15, -0.1) is 0 Å². The normalized spacial score (nSPS) is 16.9. The number of imide groups is 2. The Labute approximate surface area is 388 Å². The van der Waals surface area contributed by atoms with Crippen molar-refractivity contribution in [3.05, 3.63) is 164 Å². The molecule has 0 unspecified atom stereocenters. The third-order valence-corrected chi connectivity index (χ3v) is 13.2. The highest BCUT2D eigenvalue weighted by Gasteiger charge is 2.41. The number of allylic oxidation sites excluding steroid dienone is 4. The van der Waals surface area contributed by atoms with Gasteiger partial charge < -0.3 is 20.4 Å². The van der Waals surface area contributed by atoms with Crippen LogP contribution in [0.15, 0.2) is 109 Å². The van der Waals surface area contributed by atoms with Gasteiger partial charge in [-0.25, -0.2) is 0 Å². The molecule has 14 heteroatoms. The summed E-state index contributed by atoms with van der Waals surface area (Å²) >= 11 is 0. The number of nitrogens with one attached hydrogen (secondary N) is 2. The molecule has 14 nitrogen and oxygen atoms in total. The summed E-state index contributed by atoms with van der Waals surface area (Å²) in [6, 6.07) is 23.5. The number of aromatic hydroxyl groups is 2. The number of nitrogens with zero attached hydrogens (tertiary/aromatic N) is 2. The molecule has 0 spiro atoms. The topological polar surface area (TPSA) is 214 Å². The molecule has 0 atom stereocenters. The number of amides is 4. The highest BCUT2D eigenvalue weighted by Crippen LogP contribution is 2.54. The van der Waals surface area contributed by atoms with Gasteiger partial charge in [-0.05, 0) is 83.0 Å². The number of aliphatic hydroxyl groups is 2. The Hall–Kier alpha value is -8.78. The van der Waals surface area contributed by atoms with Crippen molar-refractivity contribution in [2.24, 2.45) is 11.8 Å². The van der Waals surface area contributed by atoms with Crippen LogP contribution in [-0.4, -0.2) is 65.6 Å². The van der Waals surface area contributed by atoms with E-state index in [2.05, 4.69) is 10.9 Å². The van der Waals surface area contributed by atoms with Gasteiger partial charge in [0.2, 0.25) is 11.6 Å². The average Bonchev–Trinajstić information content (AvgIpc) is 3.30. The number of fused-ring (bicyclic) bond motifs is 2. The summed E-state index contributed by atoms with van der Waals surface area (Å²) < 4.78 is 0. The number of benzene rings is 6. The van der Waals surface area contributed by atoms with E-state index in [0.717, 1.165) is 22.4 Å². The first-order valence-corrected chi connectivity index (χ1v) is 21.9. The quantitative estimate of drug-likeness (QED) is 0.0654. The molecule has 6 N–H and O–H groups in total. The monoisotopic (exact) mass is 906 g/mol. The zero-order chi connectivity index (χ0) is 48.4. The van der Waals surface area contributed by atoms with Gasteiger partial charge in [0.15, 0.2) is 11.5 Å². The Balaban J connectivity index is 1.13. The van der Waals surface area contributed by atoms with Crippen LogP contribution in [0.1, 0.15) is 103 Å². The molecule has 2 aliphatic carbocycles. The van der Waals surface area contributed by atoms with Crippen LogP contribution < -0.4 is 10.9 Å². The molecular formula is C54H42N4O10. The molecule has 0 bridgehead atoms. The molecule has 4 amide bonds. The van der Waals surface area contributed by atoms with E-state index in [-0.39, 0.29) is 77.9 Å². The number of aryl methyl sites for hydroxylation is 2. The number of hydrogen-bond donors (Lipinski definition) is 6. The number of carbonyl (C=O) groups is 6. The predicted molar refractivity (Wildman–Crippen MR) is 255 cm³/mol. The first kappa shape index (κ1) is 43.1. The van der Waals surface area contributed by atoms with Crippen LogP contribution in [0.5, 0.6) is 11.5 Å². The van der Waals surface area contributed by atoms with Crippen LogP contribution >= 0.6 is 0 Å². The van der Waals surface area contributed by atoms with E-state index >= 15 is 0 Å². The van der Waals surface area contributed by atoms with Gasteiger partial charge in [0.05, 0.1) is 33.4 Å². The molecule has 6 aromatic rings. The van der Waals surface area contributed by atoms with E-state index in [1.165, 1.54) is 0 Å². The number of rotatable bonds is 7. The molecular weight excluding hydrogens is 865 g/mol. The van der Waals surface area contributed by atoms with Gasteiger partial charge in [-0.3, -0.25) is 39.6 Å². The molecule has 2 heterocycles. The minimum Gasteiger partial charge on any atom is -0.507 e. The number of phenolic OH excluding ortho intramolecular Hbond substituents is 2. The van der Waals surface area contributed by atoms with Crippen molar-refractivity contribution in [2.45, 2.75) is 41.5 Å². The maximum absolute atomic E-state index is 14.3. The maximum Gasteiger partial charge on any atom is 0.280 e. The Morgan fingerprint density at radius 3 is 1.06 bits per heavy atom. The minimum atomic E-state index is -0.922. The van der Waals surface area contributed by atoms with Crippen LogP contribution in [-0.2, 0) is 9.59 Å². The zero-order valence-corrected chi connectivity index (χ0v) is 37.5. The second kappa shape index (κ2) is 15.4. The zero-order valence-electron chi connectivity index (χ0n) is 37.5. The summed E-state index contributed by atoms with van der Waals surface area (Å²) in [7, 11) is 0. The van der Waals surface area contributed by atoms with E-state index in [1.807, 2.05) is 0 Å². The molecule has 0 saturated heterocycles. The summed E-state index contributed by atoms with van der Waals surface area (Å²) in [5.74, 6) is -7.76. The molecule has 0 saturated carbocycles. The van der Waals surface area contributed by atoms with Gasteiger partial charge in [-0.1, -0.05) is 88.4 Å². The van der Waals surface area contributed by atoms with E-state index in [9.17, 15) is 49.2 Å². The summed E-state index contributed by atoms with van der Waals surface area (Å²) in [6.45, 7) is 10.4. The van der Waals surface area contributed by atoms with E-state index < -0.39 is 70.0 Å². The lowest BCUT2D eigenvalue weighted by Crippen LogP contribution is -2.47. The summed E-state index contributed by atoms with van der Waals surface area (Å²) in [4.78, 5) is 84.0. The van der Waals surface area contributed by atoms with E-state index in [0.29, 0.717) is 32.7 Å². The molecule has 338 valence electrons. The van der Waals surface area contributed by atoms with E-state index in [4.69, 9.17) is 0 Å². The Morgan fingerprint density at radius 2 is 0.765 bits per heavy atom. The lowest BCUT2D eigenvalue weighted by atomic mass is 9.75. The van der Waals surface area contributed by atoms with Crippen LogP contribution in [0.2, 0.25) is 0 Å². The lowest BCUT2D eigenvalue weighted by Gasteiger charge is -2.31. The summed E-state index contributed by atoms with van der Waals surface area (Å²) in [5, 5.41) is 52.1. The average molecular weight is 907 g/mol. The molecule has 10 rings (SSSR count). The van der Waals surface area contributed by atoms with Crippen LogP contribution in [0.3, 0.4) is 0 Å². The fraction of sp³-hybridized carbons (Fsp3) is 0.148. The van der Waals surface area contributed by atoms with E-state index in [1.54, 1.807) is 126 Å². The number of hydrogen-bond acceptors (Lipinski definition) is 12. The van der Waals surface area contributed by atoms with Gasteiger partial charge in [0.25, 0.3) is 23.6 Å². The van der Waals surface area contributed by atoms with Crippen molar-refractivity contribution >= 4 is 79.0 Å². The van der Waals surface area contributed by atoms with Crippen molar-refractivity contribution in [3.63, 3.8) is 0 Å². The van der Waals surface area contributed by atoms with Crippen molar-refractivity contribution in [2.75, 3.05) is 0 Å². The van der Waals surface area contributed by atoms with Crippen molar-refractivity contribution in [1.82, 2.24) is 20.9 Å². The highest BCUT2D eigenvalue weighted by atomic mass is 16.3. The second-order valence-corrected chi connectivity index (χ2v) is 17.9. The fourth-order valence-corrected chi connectivity index (χ4v) is 10.2. The number of phenols is 2. The first-order valence-electron chi connectivity index (χ1n) is 21.9. The molecule has 0 radical (unpaired) electrons. The highest BCUT2D eigenvalue weighted by molar-refractivity contribution is 6.35. The molecule has 6 aromatic carbocycles. The second-order valence-electron chi connectivity index (χ2n) is 17.9. The first-order chi connectivity index (χ1) is 32.4. The Morgan fingerprint density at radius 1 is 0.456 bits per heavy atom. The van der Waals surface area contributed by atoms with Crippen molar-refractivity contribution in [3.8, 4) is 22.6 Å². The molecule has 2 aliphatic heterocycles. The number of Topliss-reactive ketones (excluding diaryl/α,β-unsaturated/α-hetero) is 2. The van der Waals surface area contributed by atoms with Crippen LogP contribution in [0.4, 0.5) is 0 Å². The van der Waals surface area contributed by atoms with Crippen LogP contribution in [0, 0.1) is 25.7 Å². The smallest absolute Gasteiger partial charge is 0.280 e. The third-order valence-electron chi connectivity index (χ3n) is 13.2. The third kappa shape index (κ3) is 6.03. The van der Waals surface area contributed by atoms with Gasteiger partial charge in [0.1, 0.15) is 11.5 Å². The molecule has 68 heavy (non-hydrogen) atoms. The minimum absolute atomic E-state index is 0.0335. The maximum atomic E-state index is 14.3. The largest absolute Gasteiger partial charge is 0.507 e. The van der Waals surface area contributed by atoms with Crippen molar-refractivity contribution < 1.29 is 49.2 Å². The number of carbonyl (C=O) groups excluding carboxylic acids is 6.